The van der Waals surface area contributed by atoms with Crippen molar-refractivity contribution in [2.24, 2.45) is 21.7 Å². The Balaban J connectivity index is 3.80. The van der Waals surface area contributed by atoms with E-state index in [4.69, 9.17) is 0 Å². The van der Waals surface area contributed by atoms with Gasteiger partial charge in [0.2, 0.25) is 0 Å². The fourth-order valence-electron chi connectivity index (χ4n) is 4.99. The van der Waals surface area contributed by atoms with Crippen LogP contribution in [-0.2, 0) is 10.3 Å². The van der Waals surface area contributed by atoms with E-state index in [1.54, 1.807) is 0 Å². The minimum Gasteiger partial charge on any atom is -0.125 e. The minimum atomic E-state index is -0.0165. The molecule has 0 aromatic heterocycles. The van der Waals surface area contributed by atoms with Crippen molar-refractivity contribution in [3.05, 3.63) is 35.4 Å². The minimum absolute atomic E-state index is 0.0165. The number of benzene rings is 1. The van der Waals surface area contributed by atoms with Crippen LogP contribution >= 0.6 is 18.5 Å². The van der Waals surface area contributed by atoms with E-state index in [1.165, 1.54) is 11.1 Å². The van der Waals surface area contributed by atoms with Gasteiger partial charge in [-0.25, -0.2) is 0 Å². The zero-order valence-electron chi connectivity index (χ0n) is 19.5. The summed E-state index contributed by atoms with van der Waals surface area (Å²) in [5.41, 5.74) is 3.34. The highest BCUT2D eigenvalue weighted by Gasteiger charge is 2.51. The van der Waals surface area contributed by atoms with Gasteiger partial charge in [0.15, 0.2) is 0 Å². The van der Waals surface area contributed by atoms with Crippen molar-refractivity contribution in [2.45, 2.75) is 93.4 Å². The third-order valence-electron chi connectivity index (χ3n) is 6.51. The van der Waals surface area contributed by atoms with Crippen LogP contribution in [0.15, 0.2) is 24.3 Å². The molecule has 1 aromatic rings. The van der Waals surface area contributed by atoms with E-state index >= 15 is 0 Å². The average molecular weight is 395 g/mol. The van der Waals surface area contributed by atoms with Gasteiger partial charge in [0.1, 0.15) is 0 Å². The Morgan fingerprint density at radius 1 is 0.500 bits per heavy atom. The highest BCUT2D eigenvalue weighted by molar-refractivity contribution is 7.19. The van der Waals surface area contributed by atoms with Gasteiger partial charge >= 0.3 is 0 Å². The molecule has 0 amide bonds. The average Bonchev–Trinajstić information content (AvgIpc) is 2.40. The molecule has 26 heavy (non-hydrogen) atoms. The highest BCUT2D eigenvalue weighted by atomic mass is 31.0. The molecule has 2 heteroatoms. The second-order valence-corrected chi connectivity index (χ2v) is 13.9. The molecule has 0 aliphatic heterocycles. The second kappa shape index (κ2) is 6.85. The van der Waals surface area contributed by atoms with E-state index in [2.05, 4.69) is 126 Å². The van der Waals surface area contributed by atoms with Gasteiger partial charge in [-0.15, -0.1) is 18.5 Å². The Morgan fingerprint density at radius 2 is 0.731 bits per heavy atom. The molecule has 0 fully saturated rings. The Hall–Kier alpha value is 0.0800. The molecule has 0 bridgehead atoms. The van der Waals surface area contributed by atoms with Crippen LogP contribution < -0.4 is 0 Å². The fourth-order valence-corrected chi connectivity index (χ4v) is 5.35. The van der Waals surface area contributed by atoms with E-state index in [0.717, 1.165) is 0 Å². The topological polar surface area (TPSA) is 0 Å². The molecule has 0 nitrogen and oxygen atoms in total. The van der Waals surface area contributed by atoms with Crippen molar-refractivity contribution in [1.29, 1.82) is 0 Å². The molecule has 0 radical (unpaired) electrons. The summed E-state index contributed by atoms with van der Waals surface area (Å²) >= 11 is 0. The predicted molar refractivity (Wildman–Crippen MR) is 127 cm³/mol. The summed E-state index contributed by atoms with van der Waals surface area (Å²) < 4.78 is 0. The summed E-state index contributed by atoms with van der Waals surface area (Å²) in [5, 5.41) is -0.0330. The molecule has 0 heterocycles. The van der Waals surface area contributed by atoms with E-state index in [1.807, 2.05) is 0 Å². The first-order valence-corrected chi connectivity index (χ1v) is 11.1. The Kier molecular flexibility index (Phi) is 6.35. The predicted octanol–water partition coefficient (Wildman–Crippen LogP) is 8.01. The molecule has 0 aliphatic carbocycles. The highest BCUT2D eigenvalue weighted by Crippen LogP contribution is 2.61. The zero-order valence-corrected chi connectivity index (χ0v) is 21.8. The van der Waals surface area contributed by atoms with E-state index in [-0.39, 0.29) is 32.0 Å². The lowest BCUT2D eigenvalue weighted by atomic mass is 9.60. The summed E-state index contributed by atoms with van der Waals surface area (Å²) in [4.78, 5) is 0. The Bertz CT molecular complexity index is 547. The summed E-state index contributed by atoms with van der Waals surface area (Å²) in [6, 6.07) is 9.39. The molecule has 1 aromatic carbocycles. The van der Waals surface area contributed by atoms with E-state index in [0.29, 0.717) is 0 Å². The number of hydrogen-bond acceptors (Lipinski definition) is 0. The fraction of sp³-hybridized carbons (Fsp3) is 0.750. The van der Waals surface area contributed by atoms with Crippen LogP contribution in [0.1, 0.15) is 94.2 Å². The molecule has 2 atom stereocenters. The maximum Gasteiger partial charge on any atom is 0.0194 e. The van der Waals surface area contributed by atoms with Crippen molar-refractivity contribution in [2.75, 3.05) is 0 Å². The zero-order chi connectivity index (χ0) is 21.0. The standard InChI is InChI=1S/C24H44P2/c1-19(2,3)23(25,20(4,5)6)17-14-13-15-18(16-17)24(26,21(7,8)9)22(10,11)12/h13-16H,25-26H2,1-12H3. The summed E-state index contributed by atoms with van der Waals surface area (Å²) in [5.74, 6) is 0. The first kappa shape index (κ1) is 24.1. The lowest BCUT2D eigenvalue weighted by Gasteiger charge is -2.54. The van der Waals surface area contributed by atoms with Gasteiger partial charge in [-0.1, -0.05) is 107 Å². The third-order valence-corrected chi connectivity index (χ3v) is 10.6. The molecule has 0 N–H and O–H groups in total. The smallest absolute Gasteiger partial charge is 0.0194 e. The van der Waals surface area contributed by atoms with Gasteiger partial charge in [0.05, 0.1) is 0 Å². The van der Waals surface area contributed by atoms with Gasteiger partial charge in [0, 0.05) is 10.3 Å². The van der Waals surface area contributed by atoms with Crippen molar-refractivity contribution >= 4 is 18.5 Å². The maximum absolute atomic E-state index is 3.24. The van der Waals surface area contributed by atoms with E-state index < -0.39 is 0 Å². The molecule has 2 unspecified atom stereocenters. The lowest BCUT2D eigenvalue weighted by molar-refractivity contribution is 0.134. The van der Waals surface area contributed by atoms with Crippen LogP contribution in [0.25, 0.3) is 0 Å². The molecular weight excluding hydrogens is 350 g/mol. The van der Waals surface area contributed by atoms with Gasteiger partial charge in [-0.2, -0.15) is 0 Å². The summed E-state index contributed by atoms with van der Waals surface area (Å²) in [6.45, 7) is 28.3. The molecule has 1 rings (SSSR count). The molecular formula is C24H44P2. The van der Waals surface area contributed by atoms with Gasteiger partial charge in [0.25, 0.3) is 0 Å². The van der Waals surface area contributed by atoms with Gasteiger partial charge < -0.3 is 0 Å². The molecule has 0 spiro atoms. The van der Waals surface area contributed by atoms with Crippen molar-refractivity contribution in [3.63, 3.8) is 0 Å². The van der Waals surface area contributed by atoms with Crippen molar-refractivity contribution in [3.8, 4) is 0 Å². The summed E-state index contributed by atoms with van der Waals surface area (Å²) in [6.07, 6.45) is 0. The van der Waals surface area contributed by atoms with Crippen molar-refractivity contribution in [1.82, 2.24) is 0 Å². The summed E-state index contributed by atoms with van der Waals surface area (Å²) in [7, 11) is 6.48. The molecule has 0 aliphatic rings. The van der Waals surface area contributed by atoms with Gasteiger partial charge in [-0.3, -0.25) is 0 Å². The van der Waals surface area contributed by atoms with Crippen LogP contribution in [-0.4, -0.2) is 0 Å². The third kappa shape index (κ3) is 3.80. The van der Waals surface area contributed by atoms with Crippen LogP contribution in [0.4, 0.5) is 0 Å². The normalized spacial score (nSPS) is 15.3. The second-order valence-electron chi connectivity index (χ2n) is 12.2. The largest absolute Gasteiger partial charge is 0.125 e. The van der Waals surface area contributed by atoms with Gasteiger partial charge in [-0.05, 0) is 32.8 Å². The molecule has 0 saturated heterocycles. The monoisotopic (exact) mass is 394 g/mol. The quantitative estimate of drug-likeness (QED) is 0.446. The lowest BCUT2D eigenvalue weighted by Crippen LogP contribution is -2.47. The first-order chi connectivity index (χ1) is 11.2. The molecule has 150 valence electrons. The maximum atomic E-state index is 3.24. The first-order valence-electron chi connectivity index (χ1n) is 9.90. The van der Waals surface area contributed by atoms with Crippen LogP contribution in [0.2, 0.25) is 0 Å². The number of hydrogen-bond donors (Lipinski definition) is 0. The van der Waals surface area contributed by atoms with Crippen LogP contribution in [0.5, 0.6) is 0 Å². The number of rotatable bonds is 2. The van der Waals surface area contributed by atoms with Crippen molar-refractivity contribution < 1.29 is 0 Å². The van der Waals surface area contributed by atoms with E-state index in [9.17, 15) is 0 Å². The Morgan fingerprint density at radius 3 is 0.923 bits per heavy atom. The molecule has 0 saturated carbocycles. The van der Waals surface area contributed by atoms with Crippen LogP contribution in [0, 0.1) is 21.7 Å². The SMILES string of the molecule is CC(C)(C)C(P)(c1cccc(C(P)(C(C)(C)C)C(C)(C)C)c1)C(C)(C)C. The Labute approximate surface area is 169 Å². The van der Waals surface area contributed by atoms with Crippen LogP contribution in [0.3, 0.4) is 0 Å².